The number of para-hydroxylation sites is 1. The minimum Gasteiger partial charge on any atom is -0.465 e. The van der Waals surface area contributed by atoms with E-state index in [0.717, 1.165) is 75.8 Å². The molecule has 3 aliphatic rings. The summed E-state index contributed by atoms with van der Waals surface area (Å²) in [6, 6.07) is 28.3. The van der Waals surface area contributed by atoms with Gasteiger partial charge in [0.05, 0.1) is 39.7 Å². The molecule has 3 N–H and O–H groups in total. The van der Waals surface area contributed by atoms with Crippen molar-refractivity contribution in [3.8, 4) is 39.6 Å². The van der Waals surface area contributed by atoms with Gasteiger partial charge in [0.1, 0.15) is 5.82 Å². The molecular formula is C38H35N7O3S. The van der Waals surface area contributed by atoms with Crippen LogP contribution in [0.4, 0.5) is 22.0 Å². The molecule has 2 aromatic heterocycles. The fraction of sp³-hybridized carbons (Fsp3) is 0.237. The molecule has 11 heteroatoms. The summed E-state index contributed by atoms with van der Waals surface area (Å²) in [6.07, 6.45) is 3.41. The van der Waals surface area contributed by atoms with Gasteiger partial charge in [-0.1, -0.05) is 60.3 Å². The number of aromatic nitrogens is 3. The largest absolute Gasteiger partial charge is 0.465 e. The smallest absolute Gasteiger partial charge is 0.408 e. The highest BCUT2D eigenvalue weighted by molar-refractivity contribution is 8.15. The van der Waals surface area contributed by atoms with Gasteiger partial charge in [0.15, 0.2) is 11.0 Å². The van der Waals surface area contributed by atoms with Crippen molar-refractivity contribution in [2.45, 2.75) is 51.1 Å². The van der Waals surface area contributed by atoms with E-state index in [2.05, 4.69) is 50.5 Å². The van der Waals surface area contributed by atoms with Crippen LogP contribution in [0.25, 0.3) is 39.6 Å². The number of carboxylic acid groups (broad SMARTS) is 1. The predicted octanol–water partition coefficient (Wildman–Crippen LogP) is 8.33. The lowest BCUT2D eigenvalue weighted by molar-refractivity contribution is -0.116. The molecule has 49 heavy (non-hydrogen) atoms. The number of benzene rings is 3. The molecule has 0 bridgehead atoms. The molecule has 2 amide bonds. The number of pyridine rings is 1. The van der Waals surface area contributed by atoms with Crippen LogP contribution >= 0.6 is 11.8 Å². The lowest BCUT2D eigenvalue weighted by atomic mass is 9.69. The van der Waals surface area contributed by atoms with Crippen LogP contribution in [-0.4, -0.2) is 53.0 Å². The zero-order valence-electron chi connectivity index (χ0n) is 27.4. The second-order valence-electron chi connectivity index (χ2n) is 13.6. The van der Waals surface area contributed by atoms with E-state index in [0.29, 0.717) is 16.7 Å². The number of rotatable bonds is 5. The number of carbonyl (C=O) groups excluding carboxylic acids is 1. The van der Waals surface area contributed by atoms with Crippen LogP contribution < -0.4 is 10.6 Å². The number of thioether (sulfide) groups is 1. The zero-order chi connectivity index (χ0) is 33.9. The fourth-order valence-electron chi connectivity index (χ4n) is 7.29. The van der Waals surface area contributed by atoms with E-state index in [4.69, 9.17) is 9.97 Å². The molecule has 5 aromatic rings. The fourth-order valence-corrected chi connectivity index (χ4v) is 7.99. The molecule has 0 atom stereocenters. The van der Waals surface area contributed by atoms with E-state index in [1.807, 2.05) is 75.4 Å². The summed E-state index contributed by atoms with van der Waals surface area (Å²) in [4.78, 5) is 40.6. The number of anilines is 2. The molecule has 0 spiro atoms. The van der Waals surface area contributed by atoms with Crippen molar-refractivity contribution in [1.29, 1.82) is 0 Å². The molecule has 246 valence electrons. The Labute approximate surface area is 288 Å². The SMILES string of the molecule is CC(C)(C)N(C(=O)O)C1(c2ccc(-c3c(-c4ccc(N=C5NC(=O)CS5)cc4)nc4n3-c3cccnc3Nc3ccccc3-4)cc2)CCC1. The lowest BCUT2D eigenvalue weighted by Gasteiger charge is -2.54. The quantitative estimate of drug-likeness (QED) is 0.169. The average Bonchev–Trinajstić information content (AvgIpc) is 3.62. The van der Waals surface area contributed by atoms with Gasteiger partial charge in [-0.15, -0.1) is 0 Å². The molecular weight excluding hydrogens is 635 g/mol. The number of carbonyl (C=O) groups is 2. The molecule has 3 aromatic carbocycles. The number of hydrogen-bond acceptors (Lipinski definition) is 7. The summed E-state index contributed by atoms with van der Waals surface area (Å²) >= 11 is 1.39. The molecule has 2 fully saturated rings. The molecule has 0 unspecified atom stereocenters. The van der Waals surface area contributed by atoms with Gasteiger partial charge in [0, 0.05) is 28.4 Å². The van der Waals surface area contributed by atoms with E-state index in [1.54, 1.807) is 11.1 Å². The molecule has 1 saturated heterocycles. The minimum absolute atomic E-state index is 0.0441. The van der Waals surface area contributed by atoms with Gasteiger partial charge in [-0.3, -0.25) is 14.3 Å². The first kappa shape index (κ1) is 30.9. The highest BCUT2D eigenvalue weighted by atomic mass is 32.2. The Morgan fingerprint density at radius 2 is 1.69 bits per heavy atom. The zero-order valence-corrected chi connectivity index (χ0v) is 28.2. The van der Waals surface area contributed by atoms with Gasteiger partial charge in [0.2, 0.25) is 5.91 Å². The van der Waals surface area contributed by atoms with E-state index in [9.17, 15) is 14.7 Å². The third-order valence-electron chi connectivity index (χ3n) is 9.45. The van der Waals surface area contributed by atoms with Crippen molar-refractivity contribution in [2.24, 2.45) is 4.99 Å². The second-order valence-corrected chi connectivity index (χ2v) is 14.5. The van der Waals surface area contributed by atoms with Crippen LogP contribution in [0.15, 0.2) is 96.1 Å². The van der Waals surface area contributed by atoms with Crippen molar-refractivity contribution in [1.82, 2.24) is 24.8 Å². The summed E-state index contributed by atoms with van der Waals surface area (Å²) in [7, 11) is 0. The maximum atomic E-state index is 12.6. The highest BCUT2D eigenvalue weighted by Gasteiger charge is 2.50. The Bertz CT molecular complexity index is 2150. The normalized spacial score (nSPS) is 16.8. The Hall–Kier alpha value is -5.42. The molecule has 4 heterocycles. The first-order chi connectivity index (χ1) is 23.6. The maximum absolute atomic E-state index is 12.6. The standard InChI is InChI=1S/C38H35N7O3S/c1-37(2,3)45(36(47)48)38(19-7-20-38)25-15-11-24(12-16-25)32-31(23-13-17-26(18-14-23)40-35-42-30(46)22-49-35)43-34-27-8-4-5-9-28(27)41-33-29(44(32)34)10-6-21-39-33/h4-6,8-18,21H,7,19-20,22H2,1-3H3,(H,39,41)(H,47,48)(H,40,42,46). The number of nitrogens with zero attached hydrogens (tertiary/aromatic N) is 5. The Morgan fingerprint density at radius 1 is 0.959 bits per heavy atom. The van der Waals surface area contributed by atoms with Crippen molar-refractivity contribution >= 4 is 46.1 Å². The number of imidazole rings is 1. The second kappa shape index (κ2) is 11.6. The first-order valence-electron chi connectivity index (χ1n) is 16.3. The monoisotopic (exact) mass is 669 g/mol. The number of aliphatic imine (C=N–C) groups is 1. The van der Waals surface area contributed by atoms with E-state index in [1.165, 1.54) is 11.8 Å². The van der Waals surface area contributed by atoms with Crippen LogP contribution in [0.5, 0.6) is 0 Å². The topological polar surface area (TPSA) is 125 Å². The molecule has 8 rings (SSSR count). The van der Waals surface area contributed by atoms with E-state index in [-0.39, 0.29) is 5.91 Å². The van der Waals surface area contributed by atoms with Crippen molar-refractivity contribution in [2.75, 3.05) is 11.1 Å². The summed E-state index contributed by atoms with van der Waals surface area (Å²) in [5, 5.41) is 17.3. The summed E-state index contributed by atoms with van der Waals surface area (Å²) < 4.78 is 2.17. The number of hydrogen-bond donors (Lipinski definition) is 3. The number of amides is 2. The number of fused-ring (bicyclic) bond motifs is 5. The predicted molar refractivity (Wildman–Crippen MR) is 194 cm³/mol. The van der Waals surface area contributed by atoms with E-state index < -0.39 is 17.2 Å². The van der Waals surface area contributed by atoms with Crippen molar-refractivity contribution in [3.05, 3.63) is 96.7 Å². The first-order valence-corrected chi connectivity index (χ1v) is 17.3. The minimum atomic E-state index is -0.905. The lowest BCUT2D eigenvalue weighted by Crippen LogP contribution is -2.60. The van der Waals surface area contributed by atoms with Gasteiger partial charge in [0.25, 0.3) is 0 Å². The van der Waals surface area contributed by atoms with Crippen LogP contribution in [0, 0.1) is 0 Å². The van der Waals surface area contributed by atoms with Gasteiger partial charge in [-0.05, 0) is 82.0 Å². The number of amidine groups is 1. The summed E-state index contributed by atoms with van der Waals surface area (Å²) in [6.45, 7) is 5.88. The Balaban J connectivity index is 1.31. The molecule has 1 aliphatic carbocycles. The summed E-state index contributed by atoms with van der Waals surface area (Å²) in [5.41, 5.74) is 6.83. The maximum Gasteiger partial charge on any atom is 0.408 e. The summed E-state index contributed by atoms with van der Waals surface area (Å²) in [5.74, 6) is 1.82. The third-order valence-corrected chi connectivity index (χ3v) is 10.3. The average molecular weight is 670 g/mol. The van der Waals surface area contributed by atoms with Crippen LogP contribution in [0.3, 0.4) is 0 Å². The van der Waals surface area contributed by atoms with Crippen LogP contribution in [0.1, 0.15) is 45.6 Å². The van der Waals surface area contributed by atoms with Gasteiger partial charge in [-0.25, -0.2) is 19.8 Å². The van der Waals surface area contributed by atoms with Gasteiger partial charge < -0.3 is 15.7 Å². The van der Waals surface area contributed by atoms with Crippen molar-refractivity contribution in [3.63, 3.8) is 0 Å². The van der Waals surface area contributed by atoms with E-state index >= 15 is 0 Å². The number of nitrogens with one attached hydrogen (secondary N) is 2. The molecule has 0 radical (unpaired) electrons. The third kappa shape index (κ3) is 5.25. The van der Waals surface area contributed by atoms with Crippen molar-refractivity contribution < 1.29 is 14.7 Å². The van der Waals surface area contributed by atoms with Crippen LogP contribution in [-0.2, 0) is 10.3 Å². The molecule has 1 saturated carbocycles. The van der Waals surface area contributed by atoms with Crippen LogP contribution in [0.2, 0.25) is 0 Å². The van der Waals surface area contributed by atoms with Gasteiger partial charge in [-0.2, -0.15) is 0 Å². The highest BCUT2D eigenvalue weighted by Crippen LogP contribution is 2.50. The Morgan fingerprint density at radius 3 is 2.35 bits per heavy atom. The molecule has 10 nitrogen and oxygen atoms in total. The molecule has 2 aliphatic heterocycles. The Kier molecular flexibility index (Phi) is 7.33. The van der Waals surface area contributed by atoms with Gasteiger partial charge >= 0.3 is 6.09 Å².